The van der Waals surface area contributed by atoms with E-state index in [1.54, 1.807) is 19.1 Å². The van der Waals surface area contributed by atoms with Crippen molar-refractivity contribution in [3.63, 3.8) is 0 Å². The summed E-state index contributed by atoms with van der Waals surface area (Å²) in [5, 5.41) is 5.44. The van der Waals surface area contributed by atoms with E-state index >= 15 is 0 Å². The largest absolute Gasteiger partial charge is 0.573 e. The van der Waals surface area contributed by atoms with Crippen molar-refractivity contribution in [2.24, 2.45) is 0 Å². The number of amides is 1. The van der Waals surface area contributed by atoms with E-state index in [9.17, 15) is 22.8 Å². The normalized spacial score (nSPS) is 10.9. The number of rotatable bonds is 6. The maximum Gasteiger partial charge on any atom is 0.573 e. The molecule has 0 saturated carbocycles. The lowest BCUT2D eigenvalue weighted by atomic mass is 10.1. The van der Waals surface area contributed by atoms with Gasteiger partial charge in [-0.15, -0.1) is 13.2 Å². The fourth-order valence-corrected chi connectivity index (χ4v) is 2.15. The molecule has 2 aromatic rings. The Morgan fingerprint density at radius 1 is 1.07 bits per heavy atom. The molecule has 27 heavy (non-hydrogen) atoms. The lowest BCUT2D eigenvalue weighted by Gasteiger charge is -2.12. The van der Waals surface area contributed by atoms with E-state index in [0.29, 0.717) is 16.9 Å². The van der Waals surface area contributed by atoms with Gasteiger partial charge in [0.15, 0.2) is 0 Å². The Morgan fingerprint density at radius 2 is 1.74 bits per heavy atom. The maximum atomic E-state index is 12.1. The predicted molar refractivity (Wildman–Crippen MR) is 92.8 cm³/mol. The van der Waals surface area contributed by atoms with E-state index in [1.165, 1.54) is 25.3 Å². The number of hydrogen-bond acceptors (Lipinski definition) is 5. The summed E-state index contributed by atoms with van der Waals surface area (Å²) in [5.41, 5.74) is 1.95. The summed E-state index contributed by atoms with van der Waals surface area (Å²) in [6.45, 7) is 1.64. The van der Waals surface area contributed by atoms with Crippen molar-refractivity contribution in [2.45, 2.75) is 13.3 Å². The number of ether oxygens (including phenoxy) is 2. The monoisotopic (exact) mass is 382 g/mol. The number of hydrogen-bond donors (Lipinski definition) is 2. The van der Waals surface area contributed by atoms with Crippen LogP contribution in [0.15, 0.2) is 42.5 Å². The van der Waals surface area contributed by atoms with E-state index in [2.05, 4.69) is 20.1 Å². The average molecular weight is 382 g/mol. The average Bonchev–Trinajstić information content (AvgIpc) is 2.61. The summed E-state index contributed by atoms with van der Waals surface area (Å²) < 4.78 is 44.8. The third-order valence-electron chi connectivity index (χ3n) is 3.47. The Bertz CT molecular complexity index is 820. The van der Waals surface area contributed by atoms with Crippen molar-refractivity contribution >= 4 is 23.3 Å². The molecule has 0 atom stereocenters. The second-order valence-corrected chi connectivity index (χ2v) is 5.50. The van der Waals surface area contributed by atoms with Gasteiger partial charge in [0, 0.05) is 11.4 Å². The molecule has 0 spiro atoms. The van der Waals surface area contributed by atoms with E-state index in [0.717, 1.165) is 17.7 Å². The summed E-state index contributed by atoms with van der Waals surface area (Å²) in [6, 6.07) is 9.75. The minimum Gasteiger partial charge on any atom is -0.465 e. The zero-order valence-electron chi connectivity index (χ0n) is 14.5. The van der Waals surface area contributed by atoms with Gasteiger partial charge in [0.25, 0.3) is 0 Å². The van der Waals surface area contributed by atoms with Crippen LogP contribution in [-0.4, -0.2) is 31.9 Å². The number of carbonyl (C=O) groups excluding carboxylic acids is 2. The van der Waals surface area contributed by atoms with Crippen molar-refractivity contribution in [1.82, 2.24) is 0 Å². The van der Waals surface area contributed by atoms with Crippen LogP contribution in [0.3, 0.4) is 0 Å². The third kappa shape index (κ3) is 6.21. The molecule has 2 rings (SSSR count). The first-order valence-corrected chi connectivity index (χ1v) is 7.76. The highest BCUT2D eigenvalue weighted by Crippen LogP contribution is 2.24. The standard InChI is InChI=1S/C18H17F3N2O4/c1-11-3-4-12(17(25)26-2)9-15(11)23-16(24)10-22-13-5-7-14(8-6-13)27-18(19,20)21/h3-9,22H,10H2,1-2H3,(H,23,24). The molecule has 0 unspecified atom stereocenters. The van der Waals surface area contributed by atoms with E-state index in [1.807, 2.05) is 0 Å². The van der Waals surface area contributed by atoms with Crippen LogP contribution in [0.1, 0.15) is 15.9 Å². The van der Waals surface area contributed by atoms with Gasteiger partial charge < -0.3 is 20.1 Å². The van der Waals surface area contributed by atoms with Gasteiger partial charge in [-0.25, -0.2) is 4.79 Å². The van der Waals surface area contributed by atoms with Crippen LogP contribution in [0.5, 0.6) is 5.75 Å². The fourth-order valence-electron chi connectivity index (χ4n) is 2.15. The molecule has 0 radical (unpaired) electrons. The molecule has 9 heteroatoms. The number of benzene rings is 2. The van der Waals surface area contributed by atoms with Gasteiger partial charge in [-0.1, -0.05) is 6.07 Å². The first-order chi connectivity index (χ1) is 12.7. The summed E-state index contributed by atoms with van der Waals surface area (Å²) in [5.74, 6) is -1.27. The number of nitrogens with one attached hydrogen (secondary N) is 2. The predicted octanol–water partition coefficient (Wildman–Crippen LogP) is 3.73. The summed E-state index contributed by atoms with van der Waals surface area (Å²) in [4.78, 5) is 23.6. The Hall–Kier alpha value is -3.23. The van der Waals surface area contributed by atoms with Crippen LogP contribution in [0.4, 0.5) is 24.5 Å². The minimum atomic E-state index is -4.76. The highest BCUT2D eigenvalue weighted by Gasteiger charge is 2.30. The number of halogens is 3. The van der Waals surface area contributed by atoms with Gasteiger partial charge in [-0.2, -0.15) is 0 Å². The van der Waals surface area contributed by atoms with Gasteiger partial charge in [0.1, 0.15) is 5.75 Å². The van der Waals surface area contributed by atoms with E-state index in [-0.39, 0.29) is 12.3 Å². The second kappa shape index (κ2) is 8.43. The molecule has 2 N–H and O–H groups in total. The van der Waals surface area contributed by atoms with Crippen molar-refractivity contribution in [3.8, 4) is 5.75 Å². The highest BCUT2D eigenvalue weighted by molar-refractivity contribution is 5.97. The lowest BCUT2D eigenvalue weighted by Crippen LogP contribution is -2.22. The van der Waals surface area contributed by atoms with Gasteiger partial charge >= 0.3 is 12.3 Å². The molecule has 0 heterocycles. The number of anilines is 2. The van der Waals surface area contributed by atoms with Crippen molar-refractivity contribution in [2.75, 3.05) is 24.3 Å². The molecule has 0 aliphatic carbocycles. The molecule has 0 aromatic heterocycles. The molecule has 0 bridgehead atoms. The number of esters is 1. The number of aryl methyl sites for hydroxylation is 1. The molecular formula is C18H17F3N2O4. The first kappa shape index (κ1) is 20.1. The zero-order chi connectivity index (χ0) is 20.0. The molecule has 0 aliphatic heterocycles. The Morgan fingerprint density at radius 3 is 2.33 bits per heavy atom. The number of carbonyl (C=O) groups is 2. The number of alkyl halides is 3. The van der Waals surface area contributed by atoms with Crippen LogP contribution >= 0.6 is 0 Å². The van der Waals surface area contributed by atoms with E-state index < -0.39 is 18.2 Å². The van der Waals surface area contributed by atoms with E-state index in [4.69, 9.17) is 0 Å². The summed E-state index contributed by atoms with van der Waals surface area (Å²) >= 11 is 0. The molecule has 1 amide bonds. The van der Waals surface area contributed by atoms with Gasteiger partial charge in [-0.3, -0.25) is 4.79 Å². The van der Waals surface area contributed by atoms with Crippen molar-refractivity contribution < 1.29 is 32.2 Å². The maximum absolute atomic E-state index is 12.1. The van der Waals surface area contributed by atoms with Crippen LogP contribution in [-0.2, 0) is 9.53 Å². The van der Waals surface area contributed by atoms with Crippen LogP contribution < -0.4 is 15.4 Å². The SMILES string of the molecule is COC(=O)c1ccc(C)c(NC(=O)CNc2ccc(OC(F)(F)F)cc2)c1. The van der Waals surface area contributed by atoms with Crippen molar-refractivity contribution in [1.29, 1.82) is 0 Å². The molecule has 2 aromatic carbocycles. The number of methoxy groups -OCH3 is 1. The third-order valence-corrected chi connectivity index (χ3v) is 3.47. The van der Waals surface area contributed by atoms with Crippen molar-refractivity contribution in [3.05, 3.63) is 53.6 Å². The molecule has 0 fully saturated rings. The lowest BCUT2D eigenvalue weighted by molar-refractivity contribution is -0.274. The van der Waals surface area contributed by atoms with Crippen LogP contribution in [0.2, 0.25) is 0 Å². The Balaban J connectivity index is 1.94. The smallest absolute Gasteiger partial charge is 0.465 e. The Labute approximate surface area is 153 Å². The Kier molecular flexibility index (Phi) is 6.27. The molecule has 0 saturated heterocycles. The molecular weight excluding hydrogens is 365 g/mol. The second-order valence-electron chi connectivity index (χ2n) is 5.50. The minimum absolute atomic E-state index is 0.124. The van der Waals surface area contributed by atoms with Gasteiger partial charge in [-0.05, 0) is 48.9 Å². The topological polar surface area (TPSA) is 76.7 Å². The summed E-state index contributed by atoms with van der Waals surface area (Å²) in [7, 11) is 1.26. The van der Waals surface area contributed by atoms with Crippen LogP contribution in [0.25, 0.3) is 0 Å². The van der Waals surface area contributed by atoms with Gasteiger partial charge in [0.05, 0.1) is 19.2 Å². The van der Waals surface area contributed by atoms with Gasteiger partial charge in [0.2, 0.25) is 5.91 Å². The molecule has 144 valence electrons. The highest BCUT2D eigenvalue weighted by atomic mass is 19.4. The summed E-state index contributed by atoms with van der Waals surface area (Å²) in [6.07, 6.45) is -4.76. The fraction of sp³-hybridized carbons (Fsp3) is 0.222. The first-order valence-electron chi connectivity index (χ1n) is 7.76. The molecule has 6 nitrogen and oxygen atoms in total. The zero-order valence-corrected chi connectivity index (χ0v) is 14.5. The van der Waals surface area contributed by atoms with Crippen LogP contribution in [0, 0.1) is 6.92 Å². The quantitative estimate of drug-likeness (QED) is 0.745. The molecule has 0 aliphatic rings.